The van der Waals surface area contributed by atoms with Gasteiger partial charge in [0.1, 0.15) is 10.8 Å². The molecular formula is C25H19ClN2O2S2. The number of hydrogen-bond acceptors (Lipinski definition) is 5. The zero-order valence-electron chi connectivity index (χ0n) is 17.5. The third kappa shape index (κ3) is 3.94. The summed E-state index contributed by atoms with van der Waals surface area (Å²) < 4.78 is 5.31. The maximum atomic E-state index is 13.5. The van der Waals surface area contributed by atoms with Crippen molar-refractivity contribution in [1.82, 2.24) is 4.98 Å². The van der Waals surface area contributed by atoms with Gasteiger partial charge >= 0.3 is 0 Å². The van der Waals surface area contributed by atoms with Crippen molar-refractivity contribution in [3.8, 4) is 5.75 Å². The van der Waals surface area contributed by atoms with Crippen molar-refractivity contribution in [2.75, 3.05) is 17.8 Å². The summed E-state index contributed by atoms with van der Waals surface area (Å²) in [5.74, 6) is 1.05. The number of pyridine rings is 1. The minimum absolute atomic E-state index is 0.0118. The lowest BCUT2D eigenvalue weighted by atomic mass is 10.1. The summed E-state index contributed by atoms with van der Waals surface area (Å²) in [6.07, 6.45) is 0. The Morgan fingerprint density at radius 1 is 1.06 bits per heavy atom. The molecule has 1 aromatic heterocycles. The van der Waals surface area contributed by atoms with Crippen molar-refractivity contribution in [3.05, 3.63) is 77.3 Å². The fourth-order valence-electron chi connectivity index (χ4n) is 3.71. The number of methoxy groups -OCH3 is 1. The second-order valence-electron chi connectivity index (χ2n) is 7.37. The molecule has 160 valence electrons. The van der Waals surface area contributed by atoms with E-state index in [1.54, 1.807) is 23.8 Å². The van der Waals surface area contributed by atoms with E-state index in [2.05, 4.69) is 6.07 Å². The fraction of sp³-hybridized carbons (Fsp3) is 0.120. The van der Waals surface area contributed by atoms with Crippen LogP contribution in [0, 0.1) is 6.92 Å². The first-order valence-electron chi connectivity index (χ1n) is 10.0. The number of aryl methyl sites for hydroxylation is 1. The van der Waals surface area contributed by atoms with E-state index in [0.29, 0.717) is 5.02 Å². The summed E-state index contributed by atoms with van der Waals surface area (Å²) in [6.45, 7) is 2.01. The van der Waals surface area contributed by atoms with E-state index >= 15 is 0 Å². The molecule has 1 aliphatic rings. The number of thioether (sulfide) groups is 1. The molecule has 0 fully saturated rings. The van der Waals surface area contributed by atoms with Gasteiger partial charge in [-0.2, -0.15) is 0 Å². The number of para-hydroxylation sites is 1. The molecule has 32 heavy (non-hydrogen) atoms. The molecule has 4 nitrogen and oxygen atoms in total. The summed E-state index contributed by atoms with van der Waals surface area (Å²) in [4.78, 5) is 22.1. The number of halogens is 1. The monoisotopic (exact) mass is 478 g/mol. The van der Waals surface area contributed by atoms with Gasteiger partial charge in [0.2, 0.25) is 5.91 Å². The highest BCUT2D eigenvalue weighted by molar-refractivity contribution is 8.00. The number of carbonyl (C=O) groups excluding carboxylic acids is 1. The molecule has 1 aliphatic heterocycles. The van der Waals surface area contributed by atoms with Crippen LogP contribution in [-0.4, -0.2) is 23.8 Å². The quantitative estimate of drug-likeness (QED) is 0.292. The Morgan fingerprint density at radius 2 is 1.88 bits per heavy atom. The molecule has 3 aromatic carbocycles. The van der Waals surface area contributed by atoms with Crippen LogP contribution in [0.3, 0.4) is 0 Å². The van der Waals surface area contributed by atoms with Gasteiger partial charge in [-0.15, -0.1) is 0 Å². The van der Waals surface area contributed by atoms with E-state index in [0.717, 1.165) is 48.4 Å². The molecule has 0 bridgehead atoms. The van der Waals surface area contributed by atoms with Crippen molar-refractivity contribution >= 4 is 63.3 Å². The number of anilines is 2. The van der Waals surface area contributed by atoms with E-state index in [-0.39, 0.29) is 11.7 Å². The number of fused-ring (bicyclic) bond motifs is 3. The number of rotatable bonds is 4. The van der Waals surface area contributed by atoms with Crippen LogP contribution < -0.4 is 9.64 Å². The van der Waals surface area contributed by atoms with Gasteiger partial charge in [-0.3, -0.25) is 9.69 Å². The zero-order chi connectivity index (χ0) is 22.2. The maximum absolute atomic E-state index is 13.5. The van der Waals surface area contributed by atoms with Gasteiger partial charge in [-0.05, 0) is 67.1 Å². The van der Waals surface area contributed by atoms with Crippen molar-refractivity contribution < 1.29 is 9.53 Å². The molecule has 1 amide bonds. The second kappa shape index (κ2) is 8.70. The number of nitrogens with zero attached hydrogens (tertiary/aromatic N) is 2. The van der Waals surface area contributed by atoms with E-state index in [9.17, 15) is 4.79 Å². The number of aromatic nitrogens is 1. The van der Waals surface area contributed by atoms with Crippen LogP contribution in [0.4, 0.5) is 11.4 Å². The third-order valence-electron chi connectivity index (χ3n) is 5.24. The normalized spacial score (nSPS) is 12.4. The van der Waals surface area contributed by atoms with Crippen LogP contribution in [0.2, 0.25) is 5.02 Å². The molecule has 0 saturated carbocycles. The number of amides is 1. The summed E-state index contributed by atoms with van der Waals surface area (Å²) in [5, 5.41) is 2.47. The summed E-state index contributed by atoms with van der Waals surface area (Å²) in [7, 11) is 1.65. The molecule has 4 aromatic rings. The molecule has 0 spiro atoms. The van der Waals surface area contributed by atoms with Crippen LogP contribution in [0.15, 0.2) is 81.5 Å². The van der Waals surface area contributed by atoms with E-state index in [1.807, 2.05) is 67.6 Å². The number of benzene rings is 3. The van der Waals surface area contributed by atoms with Gasteiger partial charge in [0.15, 0.2) is 0 Å². The number of hydrogen-bond donors (Lipinski definition) is 0. The Hall–Kier alpha value is -2.67. The van der Waals surface area contributed by atoms with E-state index in [4.69, 9.17) is 21.3 Å². The van der Waals surface area contributed by atoms with E-state index < -0.39 is 0 Å². The lowest BCUT2D eigenvalue weighted by Gasteiger charge is -2.31. The van der Waals surface area contributed by atoms with Crippen molar-refractivity contribution in [2.45, 2.75) is 21.7 Å². The van der Waals surface area contributed by atoms with Gasteiger partial charge < -0.3 is 4.74 Å². The summed E-state index contributed by atoms with van der Waals surface area (Å²) in [5.41, 5.74) is 3.61. The molecule has 5 rings (SSSR count). The van der Waals surface area contributed by atoms with Gasteiger partial charge in [0.25, 0.3) is 0 Å². The van der Waals surface area contributed by atoms with Gasteiger partial charge in [-0.1, -0.05) is 47.3 Å². The topological polar surface area (TPSA) is 42.4 Å². The molecule has 0 unspecified atom stereocenters. The number of carbonyl (C=O) groups is 1. The minimum Gasteiger partial charge on any atom is -0.497 e. The molecule has 0 saturated heterocycles. The lowest BCUT2D eigenvalue weighted by Crippen LogP contribution is -2.30. The predicted octanol–water partition coefficient (Wildman–Crippen LogP) is 7.13. The number of ether oxygens (including phenoxy) is 1. The summed E-state index contributed by atoms with van der Waals surface area (Å²) in [6, 6.07) is 21.5. The zero-order valence-corrected chi connectivity index (χ0v) is 19.9. The highest BCUT2D eigenvalue weighted by Crippen LogP contribution is 2.49. The molecule has 7 heteroatoms. The maximum Gasteiger partial charge on any atom is 0.242 e. The average Bonchev–Trinajstić information content (AvgIpc) is 2.80. The molecule has 0 atom stereocenters. The molecular weight excluding hydrogens is 460 g/mol. The standard InChI is InChI=1S/C25H19ClN2O2S2/c1-15-11-16-12-18(30-2)8-9-19(16)27-25(15)31-14-24(29)28-20-5-3-4-6-22(20)32-23-10-7-17(26)13-21(23)28/h3-13H,14H2,1-2H3. The first-order chi connectivity index (χ1) is 15.5. The Bertz CT molecular complexity index is 1360. The summed E-state index contributed by atoms with van der Waals surface area (Å²) >= 11 is 9.38. The van der Waals surface area contributed by atoms with E-state index in [1.165, 1.54) is 11.8 Å². The minimum atomic E-state index is -0.0118. The first-order valence-corrected chi connectivity index (χ1v) is 12.2. The van der Waals surface area contributed by atoms with Crippen LogP contribution in [0.5, 0.6) is 5.75 Å². The predicted molar refractivity (Wildman–Crippen MR) is 133 cm³/mol. The first kappa shape index (κ1) is 21.2. The fourth-order valence-corrected chi connectivity index (χ4v) is 5.75. The highest BCUT2D eigenvalue weighted by Gasteiger charge is 2.28. The van der Waals surface area contributed by atoms with Gasteiger partial charge in [0.05, 0.1) is 29.8 Å². The van der Waals surface area contributed by atoms with Crippen LogP contribution in [0.25, 0.3) is 10.9 Å². The Morgan fingerprint density at radius 3 is 2.72 bits per heavy atom. The Labute approximate surface area is 199 Å². The molecule has 0 aliphatic carbocycles. The van der Waals surface area contributed by atoms with Gasteiger partial charge in [0, 0.05) is 20.2 Å². The molecule has 0 N–H and O–H groups in total. The SMILES string of the molecule is COc1ccc2nc(SCC(=O)N3c4ccccc4Sc4ccc(Cl)cc43)c(C)cc2c1. The Balaban J connectivity index is 1.45. The largest absolute Gasteiger partial charge is 0.497 e. The van der Waals surface area contributed by atoms with Crippen molar-refractivity contribution in [1.29, 1.82) is 0 Å². The molecule has 2 heterocycles. The lowest BCUT2D eigenvalue weighted by molar-refractivity contribution is -0.115. The van der Waals surface area contributed by atoms with Crippen LogP contribution >= 0.6 is 35.1 Å². The highest BCUT2D eigenvalue weighted by atomic mass is 35.5. The van der Waals surface area contributed by atoms with Crippen LogP contribution in [-0.2, 0) is 4.79 Å². The second-order valence-corrected chi connectivity index (χ2v) is 9.85. The molecule has 0 radical (unpaired) electrons. The van der Waals surface area contributed by atoms with Gasteiger partial charge in [-0.25, -0.2) is 4.98 Å². The van der Waals surface area contributed by atoms with Crippen LogP contribution in [0.1, 0.15) is 5.56 Å². The van der Waals surface area contributed by atoms with Crippen molar-refractivity contribution in [3.63, 3.8) is 0 Å². The average molecular weight is 479 g/mol. The smallest absolute Gasteiger partial charge is 0.242 e. The third-order valence-corrected chi connectivity index (χ3v) is 7.68. The van der Waals surface area contributed by atoms with Crippen molar-refractivity contribution in [2.24, 2.45) is 0 Å². The Kier molecular flexibility index (Phi) is 5.76.